The summed E-state index contributed by atoms with van der Waals surface area (Å²) in [5.74, 6) is -0.324. The fraction of sp³-hybridized carbons (Fsp3) is 0. The smallest absolute Gasteiger partial charge is 0.258 e. The SMILES string of the molecule is O=[N+]([O-])c1cccc(-n2cc(-c3cccc(F)c3)cn2)c1. The van der Waals surface area contributed by atoms with Gasteiger partial charge in [0.15, 0.2) is 0 Å². The predicted molar refractivity (Wildman–Crippen MR) is 75.6 cm³/mol. The highest BCUT2D eigenvalue weighted by atomic mass is 19.1. The lowest BCUT2D eigenvalue weighted by molar-refractivity contribution is -0.384. The summed E-state index contributed by atoms with van der Waals surface area (Å²) >= 11 is 0. The van der Waals surface area contributed by atoms with Crippen LogP contribution in [0.3, 0.4) is 0 Å². The molecule has 5 nitrogen and oxygen atoms in total. The van der Waals surface area contributed by atoms with Gasteiger partial charge in [-0.15, -0.1) is 0 Å². The fourth-order valence-electron chi connectivity index (χ4n) is 2.03. The third-order valence-electron chi connectivity index (χ3n) is 3.05. The van der Waals surface area contributed by atoms with E-state index in [0.29, 0.717) is 11.3 Å². The second-order valence-corrected chi connectivity index (χ2v) is 4.46. The van der Waals surface area contributed by atoms with Crippen LogP contribution in [0.2, 0.25) is 0 Å². The minimum Gasteiger partial charge on any atom is -0.258 e. The number of nitro benzene ring substituents is 1. The van der Waals surface area contributed by atoms with Gasteiger partial charge in [0, 0.05) is 23.9 Å². The molecule has 2 aromatic carbocycles. The molecule has 0 saturated carbocycles. The second-order valence-electron chi connectivity index (χ2n) is 4.46. The lowest BCUT2D eigenvalue weighted by Crippen LogP contribution is -1.95. The van der Waals surface area contributed by atoms with Gasteiger partial charge in [-0.1, -0.05) is 18.2 Å². The average molecular weight is 283 g/mol. The van der Waals surface area contributed by atoms with Crippen LogP contribution >= 0.6 is 0 Å². The first-order valence-corrected chi connectivity index (χ1v) is 6.19. The van der Waals surface area contributed by atoms with Crippen molar-refractivity contribution in [3.05, 3.63) is 76.9 Å². The monoisotopic (exact) mass is 283 g/mol. The zero-order valence-electron chi connectivity index (χ0n) is 10.8. The molecule has 0 aliphatic heterocycles. The molecular weight excluding hydrogens is 273 g/mol. The summed E-state index contributed by atoms with van der Waals surface area (Å²) in [6, 6.07) is 12.3. The topological polar surface area (TPSA) is 61.0 Å². The van der Waals surface area contributed by atoms with Crippen molar-refractivity contribution in [2.45, 2.75) is 0 Å². The molecular formula is C15H10FN3O2. The molecule has 0 amide bonds. The van der Waals surface area contributed by atoms with Gasteiger partial charge in [0.2, 0.25) is 0 Å². The molecule has 21 heavy (non-hydrogen) atoms. The molecule has 0 unspecified atom stereocenters. The van der Waals surface area contributed by atoms with E-state index < -0.39 is 4.92 Å². The van der Waals surface area contributed by atoms with Gasteiger partial charge >= 0.3 is 0 Å². The van der Waals surface area contributed by atoms with Crippen molar-refractivity contribution >= 4 is 5.69 Å². The number of rotatable bonds is 3. The van der Waals surface area contributed by atoms with E-state index in [2.05, 4.69) is 5.10 Å². The van der Waals surface area contributed by atoms with E-state index in [4.69, 9.17) is 0 Å². The Balaban J connectivity index is 1.98. The van der Waals surface area contributed by atoms with Crippen LogP contribution in [0, 0.1) is 15.9 Å². The van der Waals surface area contributed by atoms with Gasteiger partial charge in [0.05, 0.1) is 16.8 Å². The lowest BCUT2D eigenvalue weighted by atomic mass is 10.1. The molecule has 0 fully saturated rings. The van der Waals surface area contributed by atoms with Gasteiger partial charge in [-0.25, -0.2) is 9.07 Å². The Hall–Kier alpha value is -3.02. The van der Waals surface area contributed by atoms with Crippen LogP contribution in [-0.2, 0) is 0 Å². The Morgan fingerprint density at radius 2 is 1.90 bits per heavy atom. The molecule has 0 aliphatic carbocycles. The summed E-state index contributed by atoms with van der Waals surface area (Å²) in [5.41, 5.74) is 2.01. The maximum absolute atomic E-state index is 13.2. The number of nitrogens with zero attached hydrogens (tertiary/aromatic N) is 3. The summed E-state index contributed by atoms with van der Waals surface area (Å²) in [6.07, 6.45) is 3.29. The first-order chi connectivity index (χ1) is 10.1. The van der Waals surface area contributed by atoms with E-state index in [9.17, 15) is 14.5 Å². The first-order valence-electron chi connectivity index (χ1n) is 6.19. The molecule has 104 valence electrons. The normalized spacial score (nSPS) is 10.5. The first kappa shape index (κ1) is 13.0. The van der Waals surface area contributed by atoms with Crippen molar-refractivity contribution in [1.29, 1.82) is 0 Å². The van der Waals surface area contributed by atoms with Gasteiger partial charge in [-0.05, 0) is 23.8 Å². The van der Waals surface area contributed by atoms with E-state index in [1.54, 1.807) is 36.7 Å². The van der Waals surface area contributed by atoms with Crippen molar-refractivity contribution in [2.24, 2.45) is 0 Å². The molecule has 3 rings (SSSR count). The minimum atomic E-state index is -0.458. The quantitative estimate of drug-likeness (QED) is 0.545. The molecule has 3 aromatic rings. The van der Waals surface area contributed by atoms with Crippen LogP contribution in [0.5, 0.6) is 0 Å². The molecule has 0 N–H and O–H groups in total. The number of benzene rings is 2. The van der Waals surface area contributed by atoms with Crippen LogP contribution in [0.25, 0.3) is 16.8 Å². The van der Waals surface area contributed by atoms with E-state index in [-0.39, 0.29) is 11.5 Å². The highest BCUT2D eigenvalue weighted by Gasteiger charge is 2.09. The molecule has 0 aliphatic rings. The number of hydrogen-bond donors (Lipinski definition) is 0. The molecule has 0 spiro atoms. The third-order valence-corrected chi connectivity index (χ3v) is 3.05. The van der Waals surface area contributed by atoms with Crippen molar-refractivity contribution < 1.29 is 9.31 Å². The fourth-order valence-corrected chi connectivity index (χ4v) is 2.03. The minimum absolute atomic E-state index is 0.00435. The maximum atomic E-state index is 13.2. The third kappa shape index (κ3) is 2.64. The largest absolute Gasteiger partial charge is 0.271 e. The van der Waals surface area contributed by atoms with Gasteiger partial charge in [-0.2, -0.15) is 5.10 Å². The van der Waals surface area contributed by atoms with Crippen molar-refractivity contribution in [3.63, 3.8) is 0 Å². The van der Waals surface area contributed by atoms with E-state index in [1.807, 2.05) is 0 Å². The van der Waals surface area contributed by atoms with Gasteiger partial charge < -0.3 is 0 Å². The Kier molecular flexibility index (Phi) is 3.19. The Labute approximate surface area is 119 Å². The van der Waals surface area contributed by atoms with Crippen LogP contribution in [0.15, 0.2) is 60.9 Å². The summed E-state index contributed by atoms with van der Waals surface area (Å²) in [4.78, 5) is 10.3. The van der Waals surface area contributed by atoms with Crippen LogP contribution in [0.1, 0.15) is 0 Å². The Morgan fingerprint density at radius 3 is 2.67 bits per heavy atom. The number of hydrogen-bond acceptors (Lipinski definition) is 3. The van der Waals surface area contributed by atoms with Gasteiger partial charge in [0.1, 0.15) is 5.82 Å². The summed E-state index contributed by atoms with van der Waals surface area (Å²) in [7, 11) is 0. The number of non-ortho nitro benzene ring substituents is 1. The predicted octanol–water partition coefficient (Wildman–Crippen LogP) is 3.59. The molecule has 0 saturated heterocycles. The Morgan fingerprint density at radius 1 is 1.10 bits per heavy atom. The average Bonchev–Trinajstić information content (AvgIpc) is 2.97. The van der Waals surface area contributed by atoms with Gasteiger partial charge in [0.25, 0.3) is 5.69 Å². The molecule has 0 bridgehead atoms. The highest BCUT2D eigenvalue weighted by Crippen LogP contribution is 2.22. The number of nitro groups is 1. The number of halogens is 1. The highest BCUT2D eigenvalue weighted by molar-refractivity contribution is 5.62. The molecule has 0 radical (unpaired) electrons. The van der Waals surface area contributed by atoms with E-state index >= 15 is 0 Å². The summed E-state index contributed by atoms with van der Waals surface area (Å²) in [5, 5.41) is 14.9. The van der Waals surface area contributed by atoms with Crippen molar-refractivity contribution in [1.82, 2.24) is 9.78 Å². The number of aromatic nitrogens is 2. The molecule has 1 heterocycles. The van der Waals surface area contributed by atoms with Crippen LogP contribution < -0.4 is 0 Å². The van der Waals surface area contributed by atoms with Crippen LogP contribution in [0.4, 0.5) is 10.1 Å². The molecule has 0 atom stereocenters. The van der Waals surface area contributed by atoms with Crippen molar-refractivity contribution in [3.8, 4) is 16.8 Å². The van der Waals surface area contributed by atoms with Crippen LogP contribution in [-0.4, -0.2) is 14.7 Å². The zero-order chi connectivity index (χ0) is 14.8. The van der Waals surface area contributed by atoms with Crippen molar-refractivity contribution in [2.75, 3.05) is 0 Å². The summed E-state index contributed by atoms with van der Waals surface area (Å²) < 4.78 is 14.7. The van der Waals surface area contributed by atoms with E-state index in [1.165, 1.54) is 28.9 Å². The van der Waals surface area contributed by atoms with E-state index in [0.717, 1.165) is 5.56 Å². The maximum Gasteiger partial charge on any atom is 0.271 e. The molecule has 6 heteroatoms. The Bertz CT molecular complexity index is 814. The lowest BCUT2D eigenvalue weighted by Gasteiger charge is -2.00. The standard InChI is InChI=1S/C15H10FN3O2/c16-13-4-1-3-11(7-13)12-9-17-18(10-12)14-5-2-6-15(8-14)19(20)21/h1-10H. The summed E-state index contributed by atoms with van der Waals surface area (Å²) in [6.45, 7) is 0. The molecule has 1 aromatic heterocycles. The zero-order valence-corrected chi connectivity index (χ0v) is 10.8. The van der Waals surface area contributed by atoms with Gasteiger partial charge in [-0.3, -0.25) is 10.1 Å². The second kappa shape index (κ2) is 5.16.